The van der Waals surface area contributed by atoms with E-state index in [4.69, 9.17) is 15.9 Å². The molecule has 0 bridgehead atoms. The Balaban J connectivity index is 0.00000144. The molecule has 1 saturated heterocycles. The van der Waals surface area contributed by atoms with Crippen molar-refractivity contribution in [2.45, 2.75) is 18.8 Å². The summed E-state index contributed by atoms with van der Waals surface area (Å²) in [6.07, 6.45) is 4.54. The minimum absolute atomic E-state index is 0. The van der Waals surface area contributed by atoms with Gasteiger partial charge in [-0.3, -0.25) is 4.79 Å². The van der Waals surface area contributed by atoms with E-state index < -0.39 is 0 Å². The highest BCUT2D eigenvalue weighted by Crippen LogP contribution is 2.44. The van der Waals surface area contributed by atoms with Gasteiger partial charge in [0.15, 0.2) is 0 Å². The van der Waals surface area contributed by atoms with E-state index >= 15 is 0 Å². The molecule has 33 heavy (non-hydrogen) atoms. The van der Waals surface area contributed by atoms with Crippen LogP contribution >= 0.6 is 24.0 Å². The topological polar surface area (TPSA) is 96.9 Å². The summed E-state index contributed by atoms with van der Waals surface area (Å²) >= 11 is 0. The second kappa shape index (κ2) is 9.48. The summed E-state index contributed by atoms with van der Waals surface area (Å²) in [4.78, 5) is 14.9. The molecule has 2 aromatic carbocycles. The van der Waals surface area contributed by atoms with Gasteiger partial charge in [0.2, 0.25) is 5.56 Å². The van der Waals surface area contributed by atoms with Crippen molar-refractivity contribution in [3.05, 3.63) is 82.2 Å². The Kier molecular flexibility index (Phi) is 6.66. The lowest BCUT2D eigenvalue weighted by atomic mass is 9.90. The predicted molar refractivity (Wildman–Crippen MR) is 144 cm³/mol. The standard InChI is InChI=1S/C25H23FN4O2.HI.2H2/c26-18-1-3-19(4-2-18)30-22-11-17(14-27)21(28)13-20(22)24(16-5-8-29-23(31)12-16)25(30)15-6-9-32-10-7-15;;;/h1-5,8,11-15,27H,6-7,9-10,28H2,(H,29,31);3*1H. The molecule has 0 spiro atoms. The third-order valence-electron chi connectivity index (χ3n) is 6.12. The van der Waals surface area contributed by atoms with Gasteiger partial charge in [0, 0.05) is 74.0 Å². The van der Waals surface area contributed by atoms with Crippen LogP contribution in [-0.2, 0) is 4.74 Å². The van der Waals surface area contributed by atoms with Crippen LogP contribution in [0.15, 0.2) is 59.5 Å². The van der Waals surface area contributed by atoms with E-state index in [1.807, 2.05) is 18.2 Å². The van der Waals surface area contributed by atoms with Crippen molar-refractivity contribution in [1.29, 1.82) is 5.41 Å². The van der Waals surface area contributed by atoms with E-state index in [0.717, 1.165) is 46.3 Å². The van der Waals surface area contributed by atoms with Crippen LogP contribution in [0.25, 0.3) is 27.7 Å². The molecule has 0 unspecified atom stereocenters. The molecule has 8 heteroatoms. The maximum atomic E-state index is 13.7. The zero-order valence-electron chi connectivity index (χ0n) is 17.8. The van der Waals surface area contributed by atoms with Crippen molar-refractivity contribution < 1.29 is 12.0 Å². The summed E-state index contributed by atoms with van der Waals surface area (Å²) in [5.74, 6) is -0.128. The first-order chi connectivity index (χ1) is 15.6. The molecule has 6 nitrogen and oxygen atoms in total. The SMILES string of the molecule is I.N=Cc1cc2c(cc1N)c(-c1cc[nH]c(=O)c1)c(C1CCOCC1)n2-c1ccc(F)cc1.[HH].[HH]. The number of pyridine rings is 1. The monoisotopic (exact) mass is 562 g/mol. The predicted octanol–water partition coefficient (Wildman–Crippen LogP) is 5.71. The van der Waals surface area contributed by atoms with Gasteiger partial charge in [0.05, 0.1) is 5.52 Å². The Bertz CT molecular complexity index is 1380. The number of nitrogens with one attached hydrogen (secondary N) is 2. The zero-order chi connectivity index (χ0) is 22.2. The molecular formula is C25H28FIN4O2. The number of ether oxygens (including phenoxy) is 1. The fraction of sp³-hybridized carbons (Fsp3) is 0.200. The Morgan fingerprint density at radius 2 is 1.88 bits per heavy atom. The van der Waals surface area contributed by atoms with Crippen LogP contribution in [0.2, 0.25) is 0 Å². The van der Waals surface area contributed by atoms with E-state index in [0.29, 0.717) is 24.5 Å². The van der Waals surface area contributed by atoms with Crippen molar-refractivity contribution in [3.8, 4) is 16.8 Å². The molecule has 4 aromatic rings. The molecule has 174 valence electrons. The van der Waals surface area contributed by atoms with Crippen molar-refractivity contribution in [2.75, 3.05) is 18.9 Å². The lowest BCUT2D eigenvalue weighted by Gasteiger charge is -2.25. The summed E-state index contributed by atoms with van der Waals surface area (Å²) in [5, 5.41) is 8.68. The molecular weight excluding hydrogens is 534 g/mol. The number of nitrogen functional groups attached to an aromatic ring is 1. The Hall–Kier alpha value is -2.98. The van der Waals surface area contributed by atoms with Crippen LogP contribution in [0.3, 0.4) is 0 Å². The molecule has 0 aliphatic carbocycles. The third kappa shape index (κ3) is 4.20. The molecule has 3 heterocycles. The van der Waals surface area contributed by atoms with Crippen molar-refractivity contribution in [3.63, 3.8) is 0 Å². The number of nitrogens with two attached hydrogens (primary N) is 1. The van der Waals surface area contributed by atoms with E-state index in [9.17, 15) is 9.18 Å². The number of hydrogen-bond acceptors (Lipinski definition) is 4. The first kappa shape index (κ1) is 23.2. The third-order valence-corrected chi connectivity index (χ3v) is 6.12. The quantitative estimate of drug-likeness (QED) is 0.169. The first-order valence-electron chi connectivity index (χ1n) is 10.6. The molecule has 2 aromatic heterocycles. The highest BCUT2D eigenvalue weighted by Gasteiger charge is 2.28. The molecule has 1 fully saturated rings. The van der Waals surface area contributed by atoms with Gasteiger partial charge in [-0.2, -0.15) is 0 Å². The molecule has 1 aliphatic rings. The fourth-order valence-corrected chi connectivity index (χ4v) is 4.64. The number of rotatable bonds is 4. The fourth-order valence-electron chi connectivity index (χ4n) is 4.64. The molecule has 0 saturated carbocycles. The van der Waals surface area contributed by atoms with E-state index in [-0.39, 0.29) is 44.1 Å². The molecule has 0 atom stereocenters. The average Bonchev–Trinajstić information content (AvgIpc) is 3.13. The normalized spacial score (nSPS) is 14.2. The van der Waals surface area contributed by atoms with Crippen LogP contribution in [0.1, 0.15) is 32.9 Å². The van der Waals surface area contributed by atoms with Gasteiger partial charge in [0.25, 0.3) is 0 Å². The Morgan fingerprint density at radius 1 is 1.15 bits per heavy atom. The van der Waals surface area contributed by atoms with E-state index in [1.165, 1.54) is 18.3 Å². The summed E-state index contributed by atoms with van der Waals surface area (Å²) in [5.41, 5.74) is 11.6. The molecule has 5 rings (SSSR count). The lowest BCUT2D eigenvalue weighted by molar-refractivity contribution is 0.0843. The molecule has 0 radical (unpaired) electrons. The minimum Gasteiger partial charge on any atom is -0.398 e. The van der Waals surface area contributed by atoms with Gasteiger partial charge in [0.1, 0.15) is 5.82 Å². The summed E-state index contributed by atoms with van der Waals surface area (Å²) in [6, 6.07) is 13.6. The largest absolute Gasteiger partial charge is 0.398 e. The number of hydrogen-bond donors (Lipinski definition) is 3. The number of H-pyrrole nitrogens is 1. The van der Waals surface area contributed by atoms with Gasteiger partial charge in [-0.15, -0.1) is 24.0 Å². The number of fused-ring (bicyclic) bond motifs is 1. The van der Waals surface area contributed by atoms with Gasteiger partial charge in [-0.1, -0.05) is 0 Å². The van der Waals surface area contributed by atoms with Crippen molar-refractivity contribution in [2.24, 2.45) is 0 Å². The Labute approximate surface area is 210 Å². The van der Waals surface area contributed by atoms with Gasteiger partial charge in [-0.25, -0.2) is 4.39 Å². The summed E-state index contributed by atoms with van der Waals surface area (Å²) in [6.45, 7) is 1.30. The van der Waals surface area contributed by atoms with Crippen molar-refractivity contribution in [1.82, 2.24) is 9.55 Å². The van der Waals surface area contributed by atoms with E-state index in [2.05, 4.69) is 9.55 Å². The number of anilines is 1. The summed E-state index contributed by atoms with van der Waals surface area (Å²) in [7, 11) is 0. The zero-order valence-corrected chi connectivity index (χ0v) is 20.1. The van der Waals surface area contributed by atoms with Gasteiger partial charge < -0.3 is 25.4 Å². The maximum Gasteiger partial charge on any atom is 0.248 e. The van der Waals surface area contributed by atoms with Crippen molar-refractivity contribution >= 4 is 46.8 Å². The van der Waals surface area contributed by atoms with Crippen LogP contribution < -0.4 is 11.3 Å². The highest BCUT2D eigenvalue weighted by atomic mass is 127. The second-order valence-electron chi connectivity index (χ2n) is 8.04. The number of nitrogens with zero attached hydrogens (tertiary/aromatic N) is 1. The summed E-state index contributed by atoms with van der Waals surface area (Å²) < 4.78 is 21.5. The van der Waals surface area contributed by atoms with Gasteiger partial charge >= 0.3 is 0 Å². The van der Waals surface area contributed by atoms with Gasteiger partial charge in [-0.05, 0) is 60.9 Å². The molecule has 1 aliphatic heterocycles. The second-order valence-corrected chi connectivity index (χ2v) is 8.04. The van der Waals surface area contributed by atoms with Crippen LogP contribution in [0.4, 0.5) is 10.1 Å². The van der Waals surface area contributed by atoms with Crippen LogP contribution in [0, 0.1) is 11.2 Å². The average molecular weight is 562 g/mol. The lowest BCUT2D eigenvalue weighted by Crippen LogP contribution is -2.17. The smallest absolute Gasteiger partial charge is 0.248 e. The van der Waals surface area contributed by atoms with E-state index in [1.54, 1.807) is 24.4 Å². The highest BCUT2D eigenvalue weighted by molar-refractivity contribution is 14.0. The number of halogens is 2. The Morgan fingerprint density at radius 3 is 2.55 bits per heavy atom. The minimum atomic E-state index is -0.308. The molecule has 4 N–H and O–H groups in total. The molecule has 0 amide bonds. The maximum absolute atomic E-state index is 13.7. The first-order valence-corrected chi connectivity index (χ1v) is 10.6. The number of benzene rings is 2. The number of aromatic nitrogens is 2. The van der Waals surface area contributed by atoms with Crippen LogP contribution in [-0.4, -0.2) is 29.0 Å². The number of aromatic amines is 1. The van der Waals surface area contributed by atoms with Crippen LogP contribution in [0.5, 0.6) is 0 Å².